The Labute approximate surface area is 163 Å². The SMILES string of the molecule is CCC(=O)Nc1ccc(C2=NNC(=NCc3ccc(OC)cc3)SC2)cc1. The molecule has 0 atom stereocenters. The number of thioether (sulfide) groups is 1. The van der Waals surface area contributed by atoms with Gasteiger partial charge in [0.2, 0.25) is 5.91 Å². The number of nitrogens with zero attached hydrogens (tertiary/aromatic N) is 2. The number of methoxy groups -OCH3 is 1. The summed E-state index contributed by atoms with van der Waals surface area (Å²) in [5, 5.41) is 8.08. The molecule has 3 rings (SSSR count). The minimum absolute atomic E-state index is 0.00712. The molecule has 0 saturated carbocycles. The summed E-state index contributed by atoms with van der Waals surface area (Å²) in [6, 6.07) is 15.6. The van der Waals surface area contributed by atoms with E-state index in [1.165, 1.54) is 0 Å². The summed E-state index contributed by atoms with van der Waals surface area (Å²) in [4.78, 5) is 16.0. The highest BCUT2D eigenvalue weighted by molar-refractivity contribution is 8.14. The lowest BCUT2D eigenvalue weighted by molar-refractivity contribution is -0.115. The zero-order valence-corrected chi connectivity index (χ0v) is 16.2. The van der Waals surface area contributed by atoms with E-state index in [-0.39, 0.29) is 5.91 Å². The Balaban J connectivity index is 1.58. The number of rotatable bonds is 6. The van der Waals surface area contributed by atoms with Crippen LogP contribution in [0.25, 0.3) is 0 Å². The van der Waals surface area contributed by atoms with Crippen LogP contribution in [0.3, 0.4) is 0 Å². The number of ether oxygens (including phenoxy) is 1. The van der Waals surface area contributed by atoms with Crippen molar-refractivity contribution in [2.24, 2.45) is 10.1 Å². The quantitative estimate of drug-likeness (QED) is 0.800. The number of nitrogens with one attached hydrogen (secondary N) is 2. The summed E-state index contributed by atoms with van der Waals surface area (Å²) in [6.07, 6.45) is 0.466. The molecule has 0 fully saturated rings. The van der Waals surface area contributed by atoms with Gasteiger partial charge >= 0.3 is 0 Å². The van der Waals surface area contributed by atoms with Crippen molar-refractivity contribution in [3.63, 3.8) is 0 Å². The summed E-state index contributed by atoms with van der Waals surface area (Å²) < 4.78 is 5.16. The number of benzene rings is 2. The van der Waals surface area contributed by atoms with E-state index in [0.29, 0.717) is 13.0 Å². The summed E-state index contributed by atoms with van der Waals surface area (Å²) >= 11 is 1.63. The van der Waals surface area contributed by atoms with Crippen LogP contribution in [0.2, 0.25) is 0 Å². The molecule has 0 radical (unpaired) electrons. The summed E-state index contributed by atoms with van der Waals surface area (Å²) in [7, 11) is 1.65. The Bertz CT molecular complexity index is 845. The molecule has 1 aliphatic rings. The minimum Gasteiger partial charge on any atom is -0.497 e. The molecule has 2 N–H and O–H groups in total. The number of carbonyl (C=O) groups is 1. The predicted octanol–water partition coefficient (Wildman–Crippen LogP) is 3.64. The molecular formula is C20H22N4O2S. The summed E-state index contributed by atoms with van der Waals surface area (Å²) in [5.41, 5.74) is 6.92. The zero-order valence-electron chi connectivity index (χ0n) is 15.4. The van der Waals surface area contributed by atoms with Crippen molar-refractivity contribution in [3.8, 4) is 5.75 Å². The first kappa shape index (κ1) is 19.0. The van der Waals surface area contributed by atoms with Crippen molar-refractivity contribution in [1.29, 1.82) is 0 Å². The van der Waals surface area contributed by atoms with Crippen molar-refractivity contribution < 1.29 is 9.53 Å². The van der Waals surface area contributed by atoms with Crippen LogP contribution in [0.1, 0.15) is 24.5 Å². The highest BCUT2D eigenvalue weighted by Gasteiger charge is 2.13. The van der Waals surface area contributed by atoms with Gasteiger partial charge in [0, 0.05) is 17.9 Å². The molecule has 1 amide bonds. The van der Waals surface area contributed by atoms with Gasteiger partial charge in [-0.1, -0.05) is 43.0 Å². The lowest BCUT2D eigenvalue weighted by atomic mass is 10.1. The van der Waals surface area contributed by atoms with Gasteiger partial charge in [-0.25, -0.2) is 0 Å². The number of hydrogen-bond donors (Lipinski definition) is 2. The number of aliphatic imine (C=N–C) groups is 1. The second-order valence-corrected chi connectivity index (χ2v) is 6.87. The van der Waals surface area contributed by atoms with Crippen molar-refractivity contribution >= 4 is 34.2 Å². The Morgan fingerprint density at radius 2 is 1.96 bits per heavy atom. The van der Waals surface area contributed by atoms with Gasteiger partial charge in [-0.05, 0) is 35.4 Å². The molecule has 27 heavy (non-hydrogen) atoms. The molecule has 140 valence electrons. The number of hydrazone groups is 1. The average molecular weight is 382 g/mol. The van der Waals surface area contributed by atoms with Gasteiger partial charge in [-0.15, -0.1) is 0 Å². The average Bonchev–Trinajstić information content (AvgIpc) is 2.73. The molecule has 1 heterocycles. The minimum atomic E-state index is 0.00712. The van der Waals surface area contributed by atoms with E-state index in [2.05, 4.69) is 20.8 Å². The van der Waals surface area contributed by atoms with E-state index in [9.17, 15) is 4.79 Å². The fourth-order valence-corrected chi connectivity index (χ4v) is 3.21. The van der Waals surface area contributed by atoms with Crippen molar-refractivity contribution in [3.05, 3.63) is 59.7 Å². The standard InChI is InChI=1S/C20H22N4O2S/c1-3-19(25)22-16-8-6-15(7-9-16)18-13-27-20(24-23-18)21-12-14-4-10-17(26-2)11-5-14/h4-11H,3,12-13H2,1-2H3,(H,21,24)(H,22,25). The van der Waals surface area contributed by atoms with Crippen LogP contribution in [0.15, 0.2) is 58.6 Å². The van der Waals surface area contributed by atoms with Gasteiger partial charge in [-0.2, -0.15) is 5.10 Å². The highest BCUT2D eigenvalue weighted by atomic mass is 32.2. The first-order valence-electron chi connectivity index (χ1n) is 8.71. The molecule has 0 unspecified atom stereocenters. The monoisotopic (exact) mass is 382 g/mol. The Morgan fingerprint density at radius 3 is 2.56 bits per heavy atom. The van der Waals surface area contributed by atoms with E-state index < -0.39 is 0 Å². The molecule has 2 aromatic carbocycles. The van der Waals surface area contributed by atoms with Gasteiger partial charge in [0.15, 0.2) is 5.17 Å². The first-order chi connectivity index (χ1) is 13.2. The first-order valence-corrected chi connectivity index (χ1v) is 9.69. The maximum absolute atomic E-state index is 11.4. The number of amidine groups is 1. The highest BCUT2D eigenvalue weighted by Crippen LogP contribution is 2.17. The molecule has 2 aromatic rings. The Hall–Kier alpha value is -2.80. The second kappa shape index (κ2) is 9.23. The lowest BCUT2D eigenvalue weighted by Crippen LogP contribution is -2.25. The van der Waals surface area contributed by atoms with Gasteiger partial charge in [-0.3, -0.25) is 15.2 Å². The van der Waals surface area contributed by atoms with E-state index in [4.69, 9.17) is 4.74 Å². The van der Waals surface area contributed by atoms with Crippen LogP contribution in [0.4, 0.5) is 5.69 Å². The van der Waals surface area contributed by atoms with E-state index in [0.717, 1.165) is 39.2 Å². The fraction of sp³-hybridized carbons (Fsp3) is 0.250. The van der Waals surface area contributed by atoms with Crippen LogP contribution in [0.5, 0.6) is 5.75 Å². The molecule has 0 spiro atoms. The Morgan fingerprint density at radius 1 is 1.22 bits per heavy atom. The van der Waals surface area contributed by atoms with Crippen LogP contribution >= 0.6 is 11.8 Å². The number of carbonyl (C=O) groups excluding carboxylic acids is 1. The number of amides is 1. The van der Waals surface area contributed by atoms with Gasteiger partial charge in [0.1, 0.15) is 5.75 Å². The van der Waals surface area contributed by atoms with E-state index in [1.807, 2.05) is 55.5 Å². The fourth-order valence-electron chi connectivity index (χ4n) is 2.43. The van der Waals surface area contributed by atoms with Gasteiger partial charge < -0.3 is 10.1 Å². The summed E-state index contributed by atoms with van der Waals surface area (Å²) in [5.74, 6) is 1.59. The van der Waals surface area contributed by atoms with Crippen molar-refractivity contribution in [2.45, 2.75) is 19.9 Å². The largest absolute Gasteiger partial charge is 0.497 e. The van der Waals surface area contributed by atoms with Crippen LogP contribution in [-0.4, -0.2) is 29.6 Å². The van der Waals surface area contributed by atoms with Crippen LogP contribution < -0.4 is 15.5 Å². The molecule has 7 heteroatoms. The third-order valence-corrected chi connectivity index (χ3v) is 4.93. The third-order valence-electron chi connectivity index (χ3n) is 4.02. The summed E-state index contributed by atoms with van der Waals surface area (Å²) in [6.45, 7) is 2.42. The smallest absolute Gasteiger partial charge is 0.224 e. The van der Waals surface area contributed by atoms with Crippen molar-refractivity contribution in [1.82, 2.24) is 5.43 Å². The van der Waals surface area contributed by atoms with Gasteiger partial charge in [0.25, 0.3) is 0 Å². The van der Waals surface area contributed by atoms with Crippen molar-refractivity contribution in [2.75, 3.05) is 18.2 Å². The normalized spacial score (nSPS) is 15.0. The molecule has 6 nitrogen and oxygen atoms in total. The van der Waals surface area contributed by atoms with Crippen LogP contribution in [-0.2, 0) is 11.3 Å². The number of anilines is 1. The number of hydrogen-bond acceptors (Lipinski definition) is 5. The topological polar surface area (TPSA) is 75.1 Å². The maximum Gasteiger partial charge on any atom is 0.224 e. The van der Waals surface area contributed by atoms with E-state index in [1.54, 1.807) is 18.9 Å². The van der Waals surface area contributed by atoms with Crippen LogP contribution in [0, 0.1) is 0 Å². The molecule has 0 aliphatic carbocycles. The Kier molecular flexibility index (Phi) is 6.49. The lowest BCUT2D eigenvalue weighted by Gasteiger charge is -2.15. The third kappa shape index (κ3) is 5.34. The molecule has 0 bridgehead atoms. The molecule has 0 saturated heterocycles. The second-order valence-electron chi connectivity index (χ2n) is 5.91. The maximum atomic E-state index is 11.4. The predicted molar refractivity (Wildman–Crippen MR) is 112 cm³/mol. The molecular weight excluding hydrogens is 360 g/mol. The van der Waals surface area contributed by atoms with E-state index >= 15 is 0 Å². The zero-order chi connectivity index (χ0) is 19.1. The van der Waals surface area contributed by atoms with Gasteiger partial charge in [0.05, 0.1) is 19.4 Å². The molecule has 0 aromatic heterocycles. The molecule has 1 aliphatic heterocycles.